The molecule has 0 aliphatic rings. The van der Waals surface area contributed by atoms with E-state index >= 15 is 0 Å². The van der Waals surface area contributed by atoms with Gasteiger partial charge in [0.15, 0.2) is 5.78 Å². The highest BCUT2D eigenvalue weighted by molar-refractivity contribution is 6.39. The summed E-state index contributed by atoms with van der Waals surface area (Å²) < 4.78 is 1.34. The van der Waals surface area contributed by atoms with Crippen molar-refractivity contribution in [1.82, 2.24) is 15.0 Å². The van der Waals surface area contributed by atoms with Crippen LogP contribution in [-0.2, 0) is 4.79 Å². The molecule has 3 aromatic rings. The Morgan fingerprint density at radius 1 is 1.21 bits per heavy atom. The molecule has 1 heterocycles. The standard InChI is InChI=1S/C15H12N6O3/c1-10(22)15(20-14-5-3-2-4-13(14)17-19-20)18-16-11-6-8-12(9-7-11)21(23)24/h2-9,16H,1H3/b18-15-. The maximum atomic E-state index is 11.9. The van der Waals surface area contributed by atoms with Crippen molar-refractivity contribution < 1.29 is 9.72 Å². The first kappa shape index (κ1) is 15.3. The summed E-state index contributed by atoms with van der Waals surface area (Å²) in [6.07, 6.45) is 0. The Labute approximate surface area is 135 Å². The molecule has 1 aromatic heterocycles. The van der Waals surface area contributed by atoms with Crippen molar-refractivity contribution in [3.8, 4) is 0 Å². The number of hydrogen-bond donors (Lipinski definition) is 1. The SMILES string of the molecule is CC(=O)/C(=N/Nc1ccc([N+](=O)[O-])cc1)n1nnc2ccccc21. The number of nitrogens with one attached hydrogen (secondary N) is 1. The molecule has 0 aliphatic carbocycles. The summed E-state index contributed by atoms with van der Waals surface area (Å²) in [5.41, 5.74) is 4.47. The fourth-order valence-electron chi connectivity index (χ4n) is 2.08. The molecule has 0 unspecified atom stereocenters. The van der Waals surface area contributed by atoms with Gasteiger partial charge in [-0.1, -0.05) is 17.3 Å². The van der Waals surface area contributed by atoms with Crippen LogP contribution >= 0.6 is 0 Å². The fourth-order valence-corrected chi connectivity index (χ4v) is 2.08. The zero-order valence-electron chi connectivity index (χ0n) is 12.6. The van der Waals surface area contributed by atoms with Gasteiger partial charge >= 0.3 is 0 Å². The molecule has 120 valence electrons. The number of carbonyl (C=O) groups excluding carboxylic acids is 1. The molecule has 1 N–H and O–H groups in total. The molecule has 3 rings (SSSR count). The van der Waals surface area contributed by atoms with Gasteiger partial charge in [-0.3, -0.25) is 20.3 Å². The van der Waals surface area contributed by atoms with Crippen LogP contribution in [0.2, 0.25) is 0 Å². The van der Waals surface area contributed by atoms with E-state index in [1.54, 1.807) is 12.1 Å². The number of rotatable bonds is 4. The highest BCUT2D eigenvalue weighted by Crippen LogP contribution is 2.16. The number of nitrogens with zero attached hydrogens (tertiary/aromatic N) is 5. The number of ketones is 1. The highest BCUT2D eigenvalue weighted by Gasteiger charge is 2.14. The van der Waals surface area contributed by atoms with Crippen molar-refractivity contribution >= 4 is 34.0 Å². The smallest absolute Gasteiger partial charge is 0.269 e. The molecule has 9 heteroatoms. The van der Waals surface area contributed by atoms with Gasteiger partial charge in [0.2, 0.25) is 5.84 Å². The molecule has 0 amide bonds. The van der Waals surface area contributed by atoms with Gasteiger partial charge in [0.05, 0.1) is 16.1 Å². The van der Waals surface area contributed by atoms with Crippen LogP contribution in [0.4, 0.5) is 11.4 Å². The van der Waals surface area contributed by atoms with E-state index < -0.39 is 4.92 Å². The number of benzene rings is 2. The lowest BCUT2D eigenvalue weighted by atomic mass is 10.3. The molecule has 24 heavy (non-hydrogen) atoms. The van der Waals surface area contributed by atoms with E-state index in [9.17, 15) is 14.9 Å². The van der Waals surface area contributed by atoms with Gasteiger partial charge in [-0.05, 0) is 24.3 Å². The molecule has 0 atom stereocenters. The predicted octanol–water partition coefficient (Wildman–Crippen LogP) is 2.20. The van der Waals surface area contributed by atoms with Gasteiger partial charge in [-0.25, -0.2) is 0 Å². The summed E-state index contributed by atoms with van der Waals surface area (Å²) in [5, 5.41) is 22.6. The second-order valence-corrected chi connectivity index (χ2v) is 4.90. The lowest BCUT2D eigenvalue weighted by Crippen LogP contribution is -2.23. The summed E-state index contributed by atoms with van der Waals surface area (Å²) >= 11 is 0. The van der Waals surface area contributed by atoms with E-state index in [1.165, 1.54) is 35.9 Å². The molecule has 0 radical (unpaired) electrons. The number of hydrazone groups is 1. The van der Waals surface area contributed by atoms with Crippen LogP contribution in [0.25, 0.3) is 11.0 Å². The summed E-state index contributed by atoms with van der Waals surface area (Å²) in [5.74, 6) is -0.248. The van der Waals surface area contributed by atoms with Crippen LogP contribution in [0.5, 0.6) is 0 Å². The van der Waals surface area contributed by atoms with Gasteiger partial charge in [0.25, 0.3) is 5.69 Å². The number of aromatic nitrogens is 3. The second-order valence-electron chi connectivity index (χ2n) is 4.90. The number of non-ortho nitro benzene ring substituents is 1. The van der Waals surface area contributed by atoms with Crippen LogP contribution in [0, 0.1) is 10.1 Å². The van der Waals surface area contributed by atoms with E-state index in [4.69, 9.17) is 0 Å². The Morgan fingerprint density at radius 2 is 1.92 bits per heavy atom. The van der Waals surface area contributed by atoms with Crippen molar-refractivity contribution in [2.45, 2.75) is 6.92 Å². The van der Waals surface area contributed by atoms with E-state index in [-0.39, 0.29) is 17.3 Å². The van der Waals surface area contributed by atoms with Gasteiger partial charge in [0.1, 0.15) is 5.52 Å². The Morgan fingerprint density at radius 3 is 2.58 bits per heavy atom. The third-order valence-corrected chi connectivity index (χ3v) is 3.24. The Bertz CT molecular complexity index is 945. The Kier molecular flexibility index (Phi) is 3.98. The number of anilines is 1. The Balaban J connectivity index is 1.92. The maximum absolute atomic E-state index is 11.9. The van der Waals surface area contributed by atoms with Crippen molar-refractivity contribution in [3.05, 3.63) is 58.6 Å². The summed E-state index contributed by atoms with van der Waals surface area (Å²) in [7, 11) is 0. The molecule has 0 saturated carbocycles. The van der Waals surface area contributed by atoms with Crippen molar-refractivity contribution in [3.63, 3.8) is 0 Å². The van der Waals surface area contributed by atoms with E-state index in [0.29, 0.717) is 16.7 Å². The van der Waals surface area contributed by atoms with Crippen LogP contribution in [0.15, 0.2) is 53.6 Å². The van der Waals surface area contributed by atoms with Crippen LogP contribution in [-0.4, -0.2) is 31.5 Å². The van der Waals surface area contributed by atoms with E-state index in [1.807, 2.05) is 12.1 Å². The largest absolute Gasteiger partial charge is 0.291 e. The minimum absolute atomic E-state index is 0.0291. The fraction of sp³-hybridized carbons (Fsp3) is 0.0667. The number of carbonyl (C=O) groups is 1. The first-order chi connectivity index (χ1) is 11.6. The van der Waals surface area contributed by atoms with Gasteiger partial charge < -0.3 is 0 Å². The van der Waals surface area contributed by atoms with Crippen molar-refractivity contribution in [1.29, 1.82) is 0 Å². The van der Waals surface area contributed by atoms with Gasteiger partial charge in [-0.15, -0.1) is 5.10 Å². The average molecular weight is 324 g/mol. The monoisotopic (exact) mass is 324 g/mol. The predicted molar refractivity (Wildman–Crippen MR) is 87.8 cm³/mol. The molecule has 0 spiro atoms. The Hall–Kier alpha value is -3.62. The molecule has 0 bridgehead atoms. The van der Waals surface area contributed by atoms with Gasteiger partial charge in [0, 0.05) is 19.1 Å². The zero-order valence-corrected chi connectivity index (χ0v) is 12.6. The first-order valence-corrected chi connectivity index (χ1v) is 6.96. The van der Waals surface area contributed by atoms with Crippen LogP contribution < -0.4 is 5.43 Å². The molecular formula is C15H12N6O3. The quantitative estimate of drug-likeness (QED) is 0.340. The van der Waals surface area contributed by atoms with Crippen LogP contribution in [0.1, 0.15) is 6.92 Å². The number of hydrogen-bond acceptors (Lipinski definition) is 7. The summed E-state index contributed by atoms with van der Waals surface area (Å²) in [4.78, 5) is 22.1. The maximum Gasteiger partial charge on any atom is 0.269 e. The molecular weight excluding hydrogens is 312 g/mol. The minimum atomic E-state index is -0.490. The molecule has 0 aliphatic heterocycles. The number of Topliss-reactive ketones (excluding diaryl/α,β-unsaturated/α-hetero) is 1. The first-order valence-electron chi connectivity index (χ1n) is 6.96. The highest BCUT2D eigenvalue weighted by atomic mass is 16.6. The average Bonchev–Trinajstić information content (AvgIpc) is 2.99. The lowest BCUT2D eigenvalue weighted by molar-refractivity contribution is -0.384. The van der Waals surface area contributed by atoms with Gasteiger partial charge in [-0.2, -0.15) is 9.78 Å². The third kappa shape index (κ3) is 2.95. The third-order valence-electron chi connectivity index (χ3n) is 3.24. The topological polar surface area (TPSA) is 115 Å². The van der Waals surface area contributed by atoms with E-state index in [2.05, 4.69) is 20.8 Å². The van der Waals surface area contributed by atoms with E-state index in [0.717, 1.165) is 0 Å². The molecule has 0 fully saturated rings. The normalized spacial score (nSPS) is 11.5. The zero-order chi connectivity index (χ0) is 17.1. The molecule has 2 aromatic carbocycles. The number of nitro benzene ring substituents is 1. The second kappa shape index (κ2) is 6.24. The summed E-state index contributed by atoms with van der Waals surface area (Å²) in [6, 6.07) is 12.9. The summed E-state index contributed by atoms with van der Waals surface area (Å²) in [6.45, 7) is 1.37. The van der Waals surface area contributed by atoms with Crippen molar-refractivity contribution in [2.24, 2.45) is 5.10 Å². The number of nitro groups is 1. The lowest BCUT2D eigenvalue weighted by Gasteiger charge is -2.05. The van der Waals surface area contributed by atoms with Crippen LogP contribution in [0.3, 0.4) is 0 Å². The number of fused-ring (bicyclic) bond motifs is 1. The molecule has 9 nitrogen and oxygen atoms in total. The molecule has 0 saturated heterocycles. The minimum Gasteiger partial charge on any atom is -0.291 e. The van der Waals surface area contributed by atoms with Crippen molar-refractivity contribution in [2.75, 3.05) is 5.43 Å². The number of para-hydroxylation sites is 1.